The van der Waals surface area contributed by atoms with Gasteiger partial charge in [-0.05, 0) is 23.8 Å². The zero-order chi connectivity index (χ0) is 20.2. The van der Waals surface area contributed by atoms with Crippen LogP contribution in [0.3, 0.4) is 0 Å². The normalized spacial score (nSPS) is 10.8. The summed E-state index contributed by atoms with van der Waals surface area (Å²) in [4.78, 5) is 20.4. The molecule has 0 aliphatic heterocycles. The third-order valence-electron chi connectivity index (χ3n) is 3.95. The van der Waals surface area contributed by atoms with E-state index in [1.807, 2.05) is 24.3 Å². The Hall–Kier alpha value is -3.79. The molecule has 3 aromatic heterocycles. The van der Waals surface area contributed by atoms with Crippen LogP contribution in [0.5, 0.6) is 5.75 Å². The second-order valence-electron chi connectivity index (χ2n) is 6.01. The molecule has 0 spiro atoms. The lowest BCUT2D eigenvalue weighted by Gasteiger charge is -2.10. The maximum atomic E-state index is 12.1. The quantitative estimate of drug-likeness (QED) is 0.462. The molecule has 0 saturated carbocycles. The van der Waals surface area contributed by atoms with Crippen LogP contribution in [-0.4, -0.2) is 42.2 Å². The maximum Gasteiger partial charge on any atom is 0.276 e. The summed E-state index contributed by atoms with van der Waals surface area (Å²) in [5.74, 6) is 0.139. The predicted molar refractivity (Wildman–Crippen MR) is 104 cm³/mol. The van der Waals surface area contributed by atoms with E-state index in [1.54, 1.807) is 29.1 Å². The number of amides is 1. The van der Waals surface area contributed by atoms with Crippen LogP contribution in [0.1, 0.15) is 5.56 Å². The number of halogens is 1. The number of hydrogen-bond acceptors (Lipinski definition) is 7. The van der Waals surface area contributed by atoms with Gasteiger partial charge in [-0.25, -0.2) is 19.3 Å². The molecule has 0 atom stereocenters. The van der Waals surface area contributed by atoms with Gasteiger partial charge in [0, 0.05) is 6.20 Å². The summed E-state index contributed by atoms with van der Waals surface area (Å²) in [5.41, 5.74) is 4.01. The Labute approximate surface area is 169 Å². The van der Waals surface area contributed by atoms with Gasteiger partial charge in [0.1, 0.15) is 17.2 Å². The highest BCUT2D eigenvalue weighted by molar-refractivity contribution is 6.29. The van der Waals surface area contributed by atoms with Crippen LogP contribution in [0.2, 0.25) is 5.15 Å². The fraction of sp³-hybridized carbons (Fsp3) is 0.111. The lowest BCUT2D eigenvalue weighted by Crippen LogP contribution is -2.36. The standard InChI is InChI=1S/C18H15ClN8O2/c19-14-7-6-12(8-21-14)9-26-18-16(23-25-26)17(20)27(11-22-18)24-15(28)10-29-13-4-2-1-3-5-13/h1-8,11,20H,9-10H2,(H,24,28). The summed E-state index contributed by atoms with van der Waals surface area (Å²) in [5, 5.41) is 16.7. The maximum absolute atomic E-state index is 12.1. The fourth-order valence-corrected chi connectivity index (χ4v) is 2.68. The van der Waals surface area contributed by atoms with Gasteiger partial charge in [-0.15, -0.1) is 5.10 Å². The topological polar surface area (TPSA) is 124 Å². The van der Waals surface area contributed by atoms with Crippen LogP contribution in [0.15, 0.2) is 55.0 Å². The Balaban J connectivity index is 1.48. The third kappa shape index (κ3) is 4.22. The van der Waals surface area contributed by atoms with Crippen LogP contribution >= 0.6 is 11.6 Å². The van der Waals surface area contributed by atoms with Crippen LogP contribution in [0, 0.1) is 5.41 Å². The summed E-state index contributed by atoms with van der Waals surface area (Å²) in [6.07, 6.45) is 2.96. The van der Waals surface area contributed by atoms with Crippen molar-refractivity contribution in [2.75, 3.05) is 12.0 Å². The highest BCUT2D eigenvalue weighted by Gasteiger charge is 2.12. The first-order valence-electron chi connectivity index (χ1n) is 8.54. The molecule has 1 amide bonds. The monoisotopic (exact) mass is 410 g/mol. The van der Waals surface area contributed by atoms with Crippen molar-refractivity contribution in [3.05, 3.63) is 71.2 Å². The van der Waals surface area contributed by atoms with Crippen molar-refractivity contribution in [1.82, 2.24) is 29.6 Å². The number of nitrogens with one attached hydrogen (secondary N) is 2. The van der Waals surface area contributed by atoms with Crippen LogP contribution in [0.25, 0.3) is 11.2 Å². The molecule has 0 saturated heterocycles. The Morgan fingerprint density at radius 1 is 1.17 bits per heavy atom. The molecule has 11 heteroatoms. The molecule has 0 bridgehead atoms. The van der Waals surface area contributed by atoms with Crippen LogP contribution in [-0.2, 0) is 11.3 Å². The number of fused-ring (bicyclic) bond motifs is 1. The number of hydrogen-bond donors (Lipinski definition) is 2. The van der Waals surface area contributed by atoms with E-state index in [0.29, 0.717) is 23.1 Å². The van der Waals surface area contributed by atoms with E-state index < -0.39 is 5.91 Å². The number of carbonyl (C=O) groups excluding carboxylic acids is 1. The number of aromatic nitrogens is 6. The van der Waals surface area contributed by atoms with Crippen molar-refractivity contribution in [3.63, 3.8) is 0 Å². The van der Waals surface area contributed by atoms with Gasteiger partial charge >= 0.3 is 0 Å². The van der Waals surface area contributed by atoms with Crippen molar-refractivity contribution >= 4 is 28.7 Å². The Morgan fingerprint density at radius 3 is 2.76 bits per heavy atom. The zero-order valence-electron chi connectivity index (χ0n) is 15.0. The van der Waals surface area contributed by atoms with Crippen LogP contribution in [0.4, 0.5) is 0 Å². The SMILES string of the molecule is N=c1c2nnn(Cc3ccc(Cl)nc3)c2ncn1NC(=O)COc1ccccc1. The van der Waals surface area contributed by atoms with Crippen molar-refractivity contribution in [2.45, 2.75) is 6.54 Å². The molecule has 0 aliphatic carbocycles. The third-order valence-corrected chi connectivity index (χ3v) is 4.17. The molecular weight excluding hydrogens is 396 g/mol. The van der Waals surface area contributed by atoms with Crippen molar-refractivity contribution in [2.24, 2.45) is 0 Å². The Morgan fingerprint density at radius 2 is 2.00 bits per heavy atom. The van der Waals surface area contributed by atoms with Crippen molar-refractivity contribution in [1.29, 1.82) is 5.41 Å². The lowest BCUT2D eigenvalue weighted by atomic mass is 10.3. The van der Waals surface area contributed by atoms with E-state index in [1.165, 1.54) is 11.0 Å². The van der Waals surface area contributed by atoms with E-state index in [0.717, 1.165) is 5.56 Å². The van der Waals surface area contributed by atoms with Gasteiger partial charge in [-0.1, -0.05) is 41.1 Å². The Kier molecular flexibility index (Phi) is 5.16. The smallest absolute Gasteiger partial charge is 0.276 e. The number of ether oxygens (including phenoxy) is 1. The summed E-state index contributed by atoms with van der Waals surface area (Å²) in [6.45, 7) is 0.166. The second-order valence-corrected chi connectivity index (χ2v) is 6.40. The first kappa shape index (κ1) is 18.6. The van der Waals surface area contributed by atoms with Gasteiger partial charge in [0.05, 0.1) is 6.54 Å². The van der Waals surface area contributed by atoms with E-state index >= 15 is 0 Å². The number of nitrogens with zero attached hydrogens (tertiary/aromatic N) is 6. The highest BCUT2D eigenvalue weighted by Crippen LogP contribution is 2.10. The van der Waals surface area contributed by atoms with Crippen LogP contribution < -0.4 is 15.7 Å². The summed E-state index contributed by atoms with van der Waals surface area (Å²) >= 11 is 5.80. The molecule has 0 fully saturated rings. The number of pyridine rings is 1. The number of benzene rings is 1. The molecule has 4 aromatic rings. The molecule has 4 rings (SSSR count). The minimum atomic E-state index is -0.437. The average molecular weight is 411 g/mol. The number of carbonyl (C=O) groups is 1. The fourth-order valence-electron chi connectivity index (χ4n) is 2.57. The van der Waals surface area contributed by atoms with E-state index in [4.69, 9.17) is 21.7 Å². The average Bonchev–Trinajstić information content (AvgIpc) is 3.14. The van der Waals surface area contributed by atoms with Gasteiger partial charge in [0.15, 0.2) is 23.3 Å². The van der Waals surface area contributed by atoms with Gasteiger partial charge in [0.25, 0.3) is 5.91 Å². The predicted octanol–water partition coefficient (Wildman–Crippen LogP) is 1.35. The first-order chi connectivity index (χ1) is 14.1. The zero-order valence-corrected chi connectivity index (χ0v) is 15.7. The molecule has 2 N–H and O–H groups in total. The van der Waals surface area contributed by atoms with Gasteiger partial charge in [-0.3, -0.25) is 15.6 Å². The highest BCUT2D eigenvalue weighted by atomic mass is 35.5. The molecule has 1 aromatic carbocycles. The number of para-hydroxylation sites is 1. The summed E-state index contributed by atoms with van der Waals surface area (Å²) < 4.78 is 8.10. The van der Waals surface area contributed by atoms with E-state index in [-0.39, 0.29) is 17.6 Å². The first-order valence-corrected chi connectivity index (χ1v) is 8.91. The minimum absolute atomic E-state index is 0.0523. The van der Waals surface area contributed by atoms with Crippen molar-refractivity contribution in [3.8, 4) is 5.75 Å². The van der Waals surface area contributed by atoms with Gasteiger partial charge < -0.3 is 4.74 Å². The molecule has 0 aliphatic rings. The van der Waals surface area contributed by atoms with Crippen molar-refractivity contribution < 1.29 is 9.53 Å². The lowest BCUT2D eigenvalue weighted by molar-refractivity contribution is -0.119. The van der Waals surface area contributed by atoms with Gasteiger partial charge in [0.2, 0.25) is 0 Å². The van der Waals surface area contributed by atoms with E-state index in [2.05, 4.69) is 25.7 Å². The second kappa shape index (κ2) is 8.07. The molecule has 3 heterocycles. The Bertz CT molecular complexity index is 1200. The minimum Gasteiger partial charge on any atom is -0.484 e. The molecule has 146 valence electrons. The van der Waals surface area contributed by atoms with Gasteiger partial charge in [-0.2, -0.15) is 0 Å². The largest absolute Gasteiger partial charge is 0.484 e. The summed E-state index contributed by atoms with van der Waals surface area (Å²) in [7, 11) is 0. The number of rotatable bonds is 6. The molecule has 29 heavy (non-hydrogen) atoms. The molecule has 0 unspecified atom stereocenters. The van der Waals surface area contributed by atoms with E-state index in [9.17, 15) is 4.79 Å². The molecular formula is C18H15ClN8O2. The molecule has 0 radical (unpaired) electrons. The summed E-state index contributed by atoms with van der Waals surface area (Å²) in [6, 6.07) is 12.5. The molecule has 10 nitrogen and oxygen atoms in total.